The molecule has 0 radical (unpaired) electrons. The van der Waals surface area contributed by atoms with Crippen LogP contribution in [-0.2, 0) is 6.54 Å². The number of rotatable bonds is 5. The summed E-state index contributed by atoms with van der Waals surface area (Å²) in [5.41, 5.74) is -0.370. The monoisotopic (exact) mass is 411 g/mol. The number of nitrogens with zero attached hydrogens (tertiary/aromatic N) is 2. The van der Waals surface area contributed by atoms with E-state index in [4.69, 9.17) is 4.42 Å². The van der Waals surface area contributed by atoms with Gasteiger partial charge in [-0.25, -0.2) is 0 Å². The molecule has 2 aliphatic rings. The molecule has 7 nitrogen and oxygen atoms in total. The van der Waals surface area contributed by atoms with Crippen molar-refractivity contribution in [3.63, 3.8) is 0 Å². The molecule has 1 aliphatic carbocycles. The highest BCUT2D eigenvalue weighted by atomic mass is 16.3. The highest BCUT2D eigenvalue weighted by Gasteiger charge is 2.27. The molecule has 2 amide bonds. The van der Waals surface area contributed by atoms with Crippen LogP contribution in [0.5, 0.6) is 0 Å². The van der Waals surface area contributed by atoms with Crippen molar-refractivity contribution in [2.45, 2.75) is 64.5 Å². The smallest absolute Gasteiger partial charge is 0.259 e. The number of carbonyl (C=O) groups is 2. The number of nitrogens with one attached hydrogen (secondary N) is 1. The van der Waals surface area contributed by atoms with Crippen LogP contribution in [0, 0.1) is 6.92 Å². The number of furan rings is 1. The van der Waals surface area contributed by atoms with E-state index in [1.165, 1.54) is 6.42 Å². The molecule has 0 bridgehead atoms. The molecule has 2 aromatic heterocycles. The van der Waals surface area contributed by atoms with Crippen LogP contribution in [-0.4, -0.2) is 34.4 Å². The topological polar surface area (TPSA) is 84.5 Å². The molecule has 1 saturated carbocycles. The van der Waals surface area contributed by atoms with Gasteiger partial charge in [0.1, 0.15) is 22.6 Å². The Morgan fingerprint density at radius 3 is 2.40 bits per heavy atom. The SMILES string of the molecule is Cc1ccc(CNC(=O)c2cn(C3CCCCC3)cc(C(=O)N3CCCC3)c2=O)o1. The molecule has 4 rings (SSSR count). The van der Waals surface area contributed by atoms with E-state index in [9.17, 15) is 14.4 Å². The van der Waals surface area contributed by atoms with Gasteiger partial charge in [-0.15, -0.1) is 0 Å². The van der Waals surface area contributed by atoms with Crippen LogP contribution >= 0.6 is 0 Å². The van der Waals surface area contributed by atoms with Crippen molar-refractivity contribution in [2.75, 3.05) is 13.1 Å². The molecule has 0 aromatic carbocycles. The van der Waals surface area contributed by atoms with Gasteiger partial charge in [0.2, 0.25) is 5.43 Å². The van der Waals surface area contributed by atoms with Gasteiger partial charge in [0.15, 0.2) is 0 Å². The molecule has 30 heavy (non-hydrogen) atoms. The number of carbonyl (C=O) groups excluding carboxylic acids is 2. The summed E-state index contributed by atoms with van der Waals surface area (Å²) < 4.78 is 7.42. The van der Waals surface area contributed by atoms with Crippen LogP contribution in [0.2, 0.25) is 0 Å². The van der Waals surface area contributed by atoms with E-state index >= 15 is 0 Å². The molecule has 1 N–H and O–H groups in total. The summed E-state index contributed by atoms with van der Waals surface area (Å²) in [5, 5.41) is 2.76. The first-order valence-electron chi connectivity index (χ1n) is 10.9. The lowest BCUT2D eigenvalue weighted by Crippen LogP contribution is -2.37. The number of hydrogen-bond acceptors (Lipinski definition) is 4. The summed E-state index contributed by atoms with van der Waals surface area (Å²) in [4.78, 5) is 40.7. The lowest BCUT2D eigenvalue weighted by Gasteiger charge is -2.26. The van der Waals surface area contributed by atoms with Crippen LogP contribution in [0.1, 0.15) is 83.2 Å². The second kappa shape index (κ2) is 8.90. The zero-order valence-electron chi connectivity index (χ0n) is 17.5. The molecule has 0 spiro atoms. The Bertz CT molecular complexity index is 979. The van der Waals surface area contributed by atoms with E-state index in [0.717, 1.165) is 44.3 Å². The van der Waals surface area contributed by atoms with Crippen LogP contribution in [0.15, 0.2) is 33.7 Å². The van der Waals surface area contributed by atoms with Crippen molar-refractivity contribution in [1.29, 1.82) is 0 Å². The zero-order valence-corrected chi connectivity index (χ0v) is 17.5. The molecule has 0 unspecified atom stereocenters. The fourth-order valence-corrected chi connectivity index (χ4v) is 4.44. The van der Waals surface area contributed by atoms with Crippen molar-refractivity contribution in [2.24, 2.45) is 0 Å². The van der Waals surface area contributed by atoms with Gasteiger partial charge in [0.05, 0.1) is 6.54 Å². The minimum absolute atomic E-state index is 0.0221. The van der Waals surface area contributed by atoms with E-state index in [-0.39, 0.29) is 29.6 Å². The van der Waals surface area contributed by atoms with Crippen LogP contribution < -0.4 is 10.7 Å². The molecule has 3 heterocycles. The van der Waals surface area contributed by atoms with E-state index < -0.39 is 11.3 Å². The quantitative estimate of drug-likeness (QED) is 0.817. The maximum atomic E-state index is 13.1. The zero-order chi connectivity index (χ0) is 21.1. The van der Waals surface area contributed by atoms with Gasteiger partial charge >= 0.3 is 0 Å². The van der Waals surface area contributed by atoms with Crippen LogP contribution in [0.4, 0.5) is 0 Å². The Hall–Kier alpha value is -2.83. The van der Waals surface area contributed by atoms with Crippen molar-refractivity contribution < 1.29 is 14.0 Å². The largest absolute Gasteiger partial charge is 0.465 e. The van der Waals surface area contributed by atoms with E-state index in [0.29, 0.717) is 18.8 Å². The van der Waals surface area contributed by atoms with Gasteiger partial charge in [0, 0.05) is 31.5 Å². The Kier molecular flexibility index (Phi) is 6.06. The Balaban J connectivity index is 1.64. The van der Waals surface area contributed by atoms with Crippen LogP contribution in [0.25, 0.3) is 0 Å². The lowest BCUT2D eigenvalue weighted by molar-refractivity contribution is 0.0790. The molecule has 2 fully saturated rings. The van der Waals surface area contributed by atoms with Crippen molar-refractivity contribution >= 4 is 11.8 Å². The number of aromatic nitrogens is 1. The second-order valence-electron chi connectivity index (χ2n) is 8.35. The molecular formula is C23H29N3O4. The van der Waals surface area contributed by atoms with Crippen molar-refractivity contribution in [3.05, 3.63) is 57.4 Å². The number of aryl methyl sites for hydroxylation is 1. The molecule has 160 valence electrons. The normalized spacial score (nSPS) is 17.3. The van der Waals surface area contributed by atoms with E-state index in [1.807, 2.05) is 17.6 Å². The number of pyridine rings is 1. The Morgan fingerprint density at radius 1 is 1.03 bits per heavy atom. The van der Waals surface area contributed by atoms with E-state index in [1.54, 1.807) is 23.4 Å². The molecular weight excluding hydrogens is 382 g/mol. The van der Waals surface area contributed by atoms with Gasteiger partial charge in [-0.1, -0.05) is 19.3 Å². The molecule has 1 aliphatic heterocycles. The Morgan fingerprint density at radius 2 is 1.73 bits per heavy atom. The minimum atomic E-state index is -0.493. The highest BCUT2D eigenvalue weighted by Crippen LogP contribution is 2.28. The number of hydrogen-bond donors (Lipinski definition) is 1. The summed E-state index contributed by atoms with van der Waals surface area (Å²) >= 11 is 0. The molecule has 2 aromatic rings. The first-order chi connectivity index (χ1) is 14.5. The fraction of sp³-hybridized carbons (Fsp3) is 0.522. The number of amides is 2. The van der Waals surface area contributed by atoms with Crippen LogP contribution in [0.3, 0.4) is 0 Å². The fourth-order valence-electron chi connectivity index (χ4n) is 4.44. The third kappa shape index (κ3) is 4.35. The average Bonchev–Trinajstić information content (AvgIpc) is 3.44. The van der Waals surface area contributed by atoms with Gasteiger partial charge < -0.3 is 19.2 Å². The van der Waals surface area contributed by atoms with Gasteiger partial charge in [-0.2, -0.15) is 0 Å². The summed E-state index contributed by atoms with van der Waals surface area (Å²) in [5.74, 6) is 0.642. The lowest BCUT2D eigenvalue weighted by atomic mass is 9.95. The first-order valence-corrected chi connectivity index (χ1v) is 10.9. The molecule has 0 atom stereocenters. The standard InChI is InChI=1S/C23H29N3O4/c1-16-9-10-18(30-16)13-24-22(28)19-14-26(17-7-3-2-4-8-17)15-20(21(19)27)23(29)25-11-5-6-12-25/h9-10,14-15,17H,2-8,11-13H2,1H3,(H,24,28). The van der Waals surface area contributed by atoms with Gasteiger partial charge in [-0.05, 0) is 44.7 Å². The maximum Gasteiger partial charge on any atom is 0.259 e. The second-order valence-corrected chi connectivity index (χ2v) is 8.35. The third-order valence-electron chi connectivity index (χ3n) is 6.13. The summed E-state index contributed by atoms with van der Waals surface area (Å²) in [6.07, 6.45) is 10.6. The number of likely N-dealkylation sites (tertiary alicyclic amines) is 1. The summed E-state index contributed by atoms with van der Waals surface area (Å²) in [6.45, 7) is 3.35. The molecule has 1 saturated heterocycles. The van der Waals surface area contributed by atoms with Gasteiger partial charge in [0.25, 0.3) is 11.8 Å². The van der Waals surface area contributed by atoms with Crippen molar-refractivity contribution in [1.82, 2.24) is 14.8 Å². The predicted molar refractivity (Wildman–Crippen MR) is 113 cm³/mol. The first kappa shape index (κ1) is 20.4. The maximum absolute atomic E-state index is 13.1. The summed E-state index contributed by atoms with van der Waals surface area (Å²) in [6, 6.07) is 3.83. The predicted octanol–water partition coefficient (Wildman–Crippen LogP) is 3.42. The average molecular weight is 412 g/mol. The molecule has 7 heteroatoms. The summed E-state index contributed by atoms with van der Waals surface area (Å²) in [7, 11) is 0. The van der Waals surface area contributed by atoms with Gasteiger partial charge in [-0.3, -0.25) is 14.4 Å². The van der Waals surface area contributed by atoms with E-state index in [2.05, 4.69) is 5.32 Å². The third-order valence-corrected chi connectivity index (χ3v) is 6.13. The minimum Gasteiger partial charge on any atom is -0.465 e. The highest BCUT2D eigenvalue weighted by molar-refractivity contribution is 5.99. The van der Waals surface area contributed by atoms with Crippen molar-refractivity contribution in [3.8, 4) is 0 Å². The Labute approximate surface area is 176 Å².